The van der Waals surface area contributed by atoms with Crippen molar-refractivity contribution in [2.75, 3.05) is 46.0 Å². The predicted octanol–water partition coefficient (Wildman–Crippen LogP) is -4.03. The molecule has 3 fully saturated rings. The van der Waals surface area contributed by atoms with Gasteiger partial charge in [0.25, 0.3) is 0 Å². The number of nitrogens with one attached hydrogen (secondary N) is 4. The molecule has 4 rings (SSSR count). The quantitative estimate of drug-likeness (QED) is 0.0341. The van der Waals surface area contributed by atoms with Crippen LogP contribution in [-0.4, -0.2) is 173 Å². The highest BCUT2D eigenvalue weighted by Crippen LogP contribution is 2.25. The number of nitrogens with zero attached hydrogens (tertiary/aromatic N) is 1. The molecule has 3 saturated heterocycles. The fourth-order valence-corrected chi connectivity index (χ4v) is 6.70. The lowest BCUT2D eigenvalue weighted by molar-refractivity contribution is -0.292. The highest BCUT2D eigenvalue weighted by atomic mass is 16.7. The summed E-state index contributed by atoms with van der Waals surface area (Å²) in [5.74, 6) is -3.17. The fraction of sp³-hybridized carbons (Fsp3) is 0.703. The predicted molar refractivity (Wildman–Crippen MR) is 196 cm³/mol. The largest absolute Gasteiger partial charge is 0.388 e. The van der Waals surface area contributed by atoms with Crippen molar-refractivity contribution >= 4 is 29.9 Å². The number of unbranched alkanes of at least 4 members (excludes halogenated alkanes) is 1. The van der Waals surface area contributed by atoms with Gasteiger partial charge in [-0.3, -0.25) is 24.6 Å². The number of carbonyl (C=O) groups excluding carboxylic acids is 5. The van der Waals surface area contributed by atoms with E-state index in [2.05, 4.69) is 21.5 Å². The van der Waals surface area contributed by atoms with Crippen LogP contribution in [0.25, 0.3) is 0 Å². The van der Waals surface area contributed by atoms with Crippen molar-refractivity contribution in [3.63, 3.8) is 0 Å². The van der Waals surface area contributed by atoms with Crippen molar-refractivity contribution in [2.24, 2.45) is 11.8 Å². The number of rotatable bonds is 20. The second-order valence-electron chi connectivity index (χ2n) is 14.5. The monoisotopic (exact) mass is 811 g/mol. The van der Waals surface area contributed by atoms with Crippen LogP contribution >= 0.6 is 0 Å². The summed E-state index contributed by atoms with van der Waals surface area (Å²) in [6.07, 6.45) is -9.77. The van der Waals surface area contributed by atoms with Crippen molar-refractivity contribution in [1.29, 1.82) is 0 Å². The minimum Gasteiger partial charge on any atom is -0.388 e. The van der Waals surface area contributed by atoms with Gasteiger partial charge < -0.3 is 69.9 Å². The van der Waals surface area contributed by atoms with E-state index in [1.165, 1.54) is 11.8 Å². The zero-order valence-corrected chi connectivity index (χ0v) is 31.9. The number of aldehydes is 1. The molecular weight excluding hydrogens is 754 g/mol. The Balaban J connectivity index is 1.25. The van der Waals surface area contributed by atoms with Crippen LogP contribution in [0.2, 0.25) is 0 Å². The lowest BCUT2D eigenvalue weighted by Crippen LogP contribution is -2.57. The number of piperidine rings is 1. The molecule has 1 aromatic carbocycles. The van der Waals surface area contributed by atoms with Gasteiger partial charge >= 0.3 is 0 Å². The molecule has 320 valence electrons. The molecule has 0 radical (unpaired) electrons. The van der Waals surface area contributed by atoms with Crippen LogP contribution in [-0.2, 0) is 49.3 Å². The zero-order chi connectivity index (χ0) is 41.5. The van der Waals surface area contributed by atoms with E-state index in [0.29, 0.717) is 25.5 Å². The molecule has 0 unspecified atom stereocenters. The third-order valence-corrected chi connectivity index (χ3v) is 10.1. The Bertz CT molecular complexity index is 1450. The average Bonchev–Trinajstić information content (AvgIpc) is 3.21. The number of aliphatic hydroxyl groups is 6. The standard InChI is InChI=1S/C37H57N5O15/c1-21-29(47)31(49)33(51)37(57-21)55-14-12-39-35(53)24-16-23(34(52)38-11-13-54-36-32(50)30(48)26(44)20-56-36)17-42(18-24)28(46)10-6-5-9-27(45)41-40-25(19-43)15-22-7-3-2-4-8-22/h2-4,7-8,19,21,23-26,29-33,36-37,40,44,47-51H,5-6,9-18,20H2,1H3,(H,38,52)(H,39,53)(H,41,45)/t21-,23+,24-,25-,26+,29+,30+,31+,32-,33-,36+,37+/m0/s1. The third-order valence-electron chi connectivity index (χ3n) is 10.1. The molecule has 10 N–H and O–H groups in total. The van der Waals surface area contributed by atoms with Gasteiger partial charge in [-0.2, -0.15) is 0 Å². The molecule has 3 aliphatic rings. The van der Waals surface area contributed by atoms with E-state index in [1.807, 2.05) is 30.3 Å². The van der Waals surface area contributed by atoms with E-state index >= 15 is 0 Å². The second kappa shape index (κ2) is 23.1. The molecule has 3 aliphatic heterocycles. The van der Waals surface area contributed by atoms with Gasteiger partial charge in [-0.1, -0.05) is 30.3 Å². The van der Waals surface area contributed by atoms with Crippen LogP contribution in [0.1, 0.15) is 44.6 Å². The van der Waals surface area contributed by atoms with Crippen molar-refractivity contribution in [3.05, 3.63) is 35.9 Å². The maximum absolute atomic E-state index is 13.4. The summed E-state index contributed by atoms with van der Waals surface area (Å²) in [6.45, 7) is 1.01. The molecule has 12 atom stereocenters. The first-order valence-corrected chi connectivity index (χ1v) is 19.2. The van der Waals surface area contributed by atoms with Gasteiger partial charge in [0, 0.05) is 39.0 Å². The molecule has 3 heterocycles. The maximum atomic E-state index is 13.4. The Labute approximate surface area is 330 Å². The molecule has 57 heavy (non-hydrogen) atoms. The Morgan fingerprint density at radius 3 is 2.05 bits per heavy atom. The van der Waals surface area contributed by atoms with Gasteiger partial charge in [0.05, 0.1) is 43.8 Å². The summed E-state index contributed by atoms with van der Waals surface area (Å²) in [6, 6.07) is 8.69. The van der Waals surface area contributed by atoms with E-state index in [9.17, 15) is 54.6 Å². The summed E-state index contributed by atoms with van der Waals surface area (Å²) in [5, 5.41) is 65.0. The van der Waals surface area contributed by atoms with Crippen LogP contribution in [0.4, 0.5) is 0 Å². The van der Waals surface area contributed by atoms with Crippen LogP contribution in [0, 0.1) is 11.8 Å². The molecule has 0 spiro atoms. The first-order chi connectivity index (χ1) is 27.3. The number of hydrogen-bond donors (Lipinski definition) is 10. The number of amides is 4. The van der Waals surface area contributed by atoms with Crippen molar-refractivity contribution in [2.45, 2.75) is 107 Å². The Kier molecular flexibility index (Phi) is 18.6. The summed E-state index contributed by atoms with van der Waals surface area (Å²) in [5.41, 5.74) is 6.18. The lowest BCUT2D eigenvalue weighted by atomic mass is 9.87. The molecule has 20 nitrogen and oxygen atoms in total. The summed E-state index contributed by atoms with van der Waals surface area (Å²) >= 11 is 0. The molecule has 20 heteroatoms. The third kappa shape index (κ3) is 14.0. The summed E-state index contributed by atoms with van der Waals surface area (Å²) < 4.78 is 21.5. The smallest absolute Gasteiger partial charge is 0.234 e. The van der Waals surface area contributed by atoms with Crippen molar-refractivity contribution < 1.29 is 73.6 Å². The van der Waals surface area contributed by atoms with Crippen LogP contribution in [0.5, 0.6) is 0 Å². The van der Waals surface area contributed by atoms with E-state index in [-0.39, 0.29) is 77.1 Å². The van der Waals surface area contributed by atoms with Crippen molar-refractivity contribution in [3.8, 4) is 0 Å². The fourth-order valence-electron chi connectivity index (χ4n) is 6.70. The number of benzene rings is 1. The van der Waals surface area contributed by atoms with Crippen LogP contribution in [0.3, 0.4) is 0 Å². The van der Waals surface area contributed by atoms with Gasteiger partial charge in [0.2, 0.25) is 23.6 Å². The van der Waals surface area contributed by atoms with Crippen molar-refractivity contribution in [1.82, 2.24) is 26.4 Å². The average molecular weight is 812 g/mol. The van der Waals surface area contributed by atoms with Gasteiger partial charge in [0.15, 0.2) is 12.6 Å². The summed E-state index contributed by atoms with van der Waals surface area (Å²) in [7, 11) is 0. The number of ether oxygens (including phenoxy) is 4. The first kappa shape index (κ1) is 46.0. The highest BCUT2D eigenvalue weighted by Gasteiger charge is 2.43. The van der Waals surface area contributed by atoms with Crippen LogP contribution < -0.4 is 21.5 Å². The highest BCUT2D eigenvalue weighted by molar-refractivity contribution is 5.85. The first-order valence-electron chi connectivity index (χ1n) is 19.2. The minimum atomic E-state index is -1.51. The van der Waals surface area contributed by atoms with Crippen LogP contribution in [0.15, 0.2) is 30.3 Å². The Morgan fingerprint density at radius 2 is 1.42 bits per heavy atom. The molecule has 0 saturated carbocycles. The van der Waals surface area contributed by atoms with E-state index in [4.69, 9.17) is 18.9 Å². The van der Waals surface area contributed by atoms with E-state index in [1.54, 1.807) is 0 Å². The van der Waals surface area contributed by atoms with Gasteiger partial charge in [0.1, 0.15) is 42.9 Å². The molecule has 1 aromatic rings. The number of likely N-dealkylation sites (tertiary alicyclic amines) is 1. The summed E-state index contributed by atoms with van der Waals surface area (Å²) in [4.78, 5) is 65.3. The normalized spacial score (nSPS) is 30.9. The Morgan fingerprint density at radius 1 is 0.825 bits per heavy atom. The molecule has 0 aromatic heterocycles. The topological polar surface area (TPSA) is 295 Å². The Hall–Kier alpha value is -3.67. The molecular formula is C37H57N5O15. The number of hydrazine groups is 1. The molecule has 0 aliphatic carbocycles. The minimum absolute atomic E-state index is 0.0223. The van der Waals surface area contributed by atoms with Gasteiger partial charge in [-0.15, -0.1) is 0 Å². The second-order valence-corrected chi connectivity index (χ2v) is 14.5. The van der Waals surface area contributed by atoms with Gasteiger partial charge in [-0.05, 0) is 38.2 Å². The number of aliphatic hydroxyl groups excluding tert-OH is 6. The lowest BCUT2D eigenvalue weighted by Gasteiger charge is -2.39. The molecule has 4 amide bonds. The number of carbonyl (C=O) groups is 5. The zero-order valence-electron chi connectivity index (χ0n) is 31.9. The molecule has 0 bridgehead atoms. The number of hydrogen-bond acceptors (Lipinski definition) is 16. The maximum Gasteiger partial charge on any atom is 0.234 e. The van der Waals surface area contributed by atoms with E-state index in [0.717, 1.165) is 5.56 Å². The SMILES string of the molecule is C[C@@H]1O[C@@H](OCCNC(=O)[C@H]2C[C@@H](C(=O)NCCO[C@@H]3OC[C@@H](O)[C@@H](O)[C@@H]3O)CN(C(=O)CCCCC(=O)NN[C@H](C=O)Cc3ccccc3)C2)[C@@H](O)[C@H](O)[C@@H]1O. The van der Waals surface area contributed by atoms with E-state index < -0.39 is 85.0 Å². The van der Waals surface area contributed by atoms with Gasteiger partial charge in [-0.25, -0.2) is 5.43 Å².